The minimum atomic E-state index is -0.412. The molecule has 1 saturated heterocycles. The molecule has 2 aromatic rings. The molecule has 2 amide bonds. The summed E-state index contributed by atoms with van der Waals surface area (Å²) in [7, 11) is 0. The first kappa shape index (κ1) is 16.8. The van der Waals surface area contributed by atoms with Crippen LogP contribution in [-0.4, -0.2) is 18.4 Å². The number of aryl methyl sites for hydroxylation is 1. The Morgan fingerprint density at radius 3 is 2.71 bits per heavy atom. The van der Waals surface area contributed by atoms with Gasteiger partial charge < -0.3 is 10.2 Å². The van der Waals surface area contributed by atoms with Gasteiger partial charge in [0.15, 0.2) is 0 Å². The zero-order valence-corrected chi connectivity index (χ0v) is 14.6. The molecule has 0 saturated carbocycles. The Balaban J connectivity index is 1.72. The SMILES string of the molecule is Cc1cccc(N2C[C@H](C(=O)Nc3ccc(Cl)cc3Cl)CC2=O)c1. The van der Waals surface area contributed by atoms with Crippen LogP contribution in [0.5, 0.6) is 0 Å². The van der Waals surface area contributed by atoms with Gasteiger partial charge in [0.05, 0.1) is 16.6 Å². The lowest BCUT2D eigenvalue weighted by Crippen LogP contribution is -2.28. The van der Waals surface area contributed by atoms with Gasteiger partial charge in [0, 0.05) is 23.7 Å². The molecule has 1 atom stereocenters. The van der Waals surface area contributed by atoms with E-state index in [4.69, 9.17) is 23.2 Å². The molecule has 124 valence electrons. The number of amides is 2. The number of nitrogens with one attached hydrogen (secondary N) is 1. The number of halogens is 2. The van der Waals surface area contributed by atoms with E-state index < -0.39 is 5.92 Å². The first-order valence-electron chi connectivity index (χ1n) is 7.57. The number of benzene rings is 2. The van der Waals surface area contributed by atoms with Crippen LogP contribution in [-0.2, 0) is 9.59 Å². The monoisotopic (exact) mass is 362 g/mol. The molecule has 0 unspecified atom stereocenters. The highest BCUT2D eigenvalue weighted by Gasteiger charge is 2.35. The molecule has 3 rings (SSSR count). The Kier molecular flexibility index (Phi) is 4.78. The number of rotatable bonds is 3. The highest BCUT2D eigenvalue weighted by Crippen LogP contribution is 2.29. The molecule has 1 aliphatic heterocycles. The van der Waals surface area contributed by atoms with Crippen molar-refractivity contribution >= 4 is 46.4 Å². The maximum Gasteiger partial charge on any atom is 0.229 e. The van der Waals surface area contributed by atoms with Crippen molar-refractivity contribution in [3.63, 3.8) is 0 Å². The van der Waals surface area contributed by atoms with Gasteiger partial charge in [-0.3, -0.25) is 9.59 Å². The van der Waals surface area contributed by atoms with Crippen LogP contribution in [0.15, 0.2) is 42.5 Å². The molecule has 0 bridgehead atoms. The van der Waals surface area contributed by atoms with Crippen LogP contribution in [0, 0.1) is 12.8 Å². The summed E-state index contributed by atoms with van der Waals surface area (Å²) in [6.07, 6.45) is 0.186. The number of hydrogen-bond acceptors (Lipinski definition) is 2. The standard InChI is InChI=1S/C18H16Cl2N2O2/c1-11-3-2-4-14(7-11)22-10-12(8-17(22)23)18(24)21-16-6-5-13(19)9-15(16)20/h2-7,9,12H,8,10H2,1H3,(H,21,24)/t12-/m1/s1. The maximum absolute atomic E-state index is 12.5. The topological polar surface area (TPSA) is 49.4 Å². The molecule has 0 aromatic heterocycles. The lowest BCUT2D eigenvalue weighted by atomic mass is 10.1. The molecule has 0 radical (unpaired) electrons. The number of hydrogen-bond donors (Lipinski definition) is 1. The Labute approximate surface area is 150 Å². The van der Waals surface area contributed by atoms with Crippen LogP contribution in [0.4, 0.5) is 11.4 Å². The molecular weight excluding hydrogens is 347 g/mol. The van der Waals surface area contributed by atoms with Gasteiger partial charge in [0.2, 0.25) is 11.8 Å². The molecule has 1 heterocycles. The van der Waals surface area contributed by atoms with E-state index in [1.807, 2.05) is 31.2 Å². The number of carbonyl (C=O) groups is 2. The normalized spacial score (nSPS) is 17.2. The largest absolute Gasteiger partial charge is 0.324 e. The molecule has 4 nitrogen and oxygen atoms in total. The van der Waals surface area contributed by atoms with E-state index in [1.54, 1.807) is 23.1 Å². The summed E-state index contributed by atoms with van der Waals surface area (Å²) in [4.78, 5) is 26.4. The summed E-state index contributed by atoms with van der Waals surface area (Å²) in [5.41, 5.74) is 2.38. The zero-order chi connectivity index (χ0) is 17.3. The third-order valence-corrected chi connectivity index (χ3v) is 4.55. The summed E-state index contributed by atoms with van der Waals surface area (Å²) in [5.74, 6) is -0.685. The summed E-state index contributed by atoms with van der Waals surface area (Å²) in [6, 6.07) is 12.6. The number of carbonyl (C=O) groups excluding carboxylic acids is 2. The fourth-order valence-corrected chi connectivity index (χ4v) is 3.21. The van der Waals surface area contributed by atoms with Crippen LogP contribution in [0.3, 0.4) is 0 Å². The summed E-state index contributed by atoms with van der Waals surface area (Å²) in [5, 5.41) is 3.65. The molecule has 24 heavy (non-hydrogen) atoms. The quantitative estimate of drug-likeness (QED) is 0.884. The fourth-order valence-electron chi connectivity index (χ4n) is 2.75. The van der Waals surface area contributed by atoms with Crippen molar-refractivity contribution in [2.45, 2.75) is 13.3 Å². The van der Waals surface area contributed by atoms with Crippen LogP contribution < -0.4 is 10.2 Å². The van der Waals surface area contributed by atoms with Crippen molar-refractivity contribution in [2.24, 2.45) is 5.92 Å². The van der Waals surface area contributed by atoms with Crippen LogP contribution in [0.1, 0.15) is 12.0 Å². The van der Waals surface area contributed by atoms with Gasteiger partial charge in [-0.2, -0.15) is 0 Å². The molecular formula is C18H16Cl2N2O2. The second-order valence-corrected chi connectivity index (χ2v) is 6.70. The van der Waals surface area contributed by atoms with Gasteiger partial charge in [0.25, 0.3) is 0 Å². The highest BCUT2D eigenvalue weighted by molar-refractivity contribution is 6.36. The first-order chi connectivity index (χ1) is 11.4. The number of anilines is 2. The highest BCUT2D eigenvalue weighted by atomic mass is 35.5. The second-order valence-electron chi connectivity index (χ2n) is 5.86. The van der Waals surface area contributed by atoms with E-state index in [1.165, 1.54) is 0 Å². The Bertz CT molecular complexity index is 807. The van der Waals surface area contributed by atoms with Crippen molar-refractivity contribution < 1.29 is 9.59 Å². The minimum absolute atomic E-state index is 0.0528. The zero-order valence-electron chi connectivity index (χ0n) is 13.1. The summed E-state index contributed by atoms with van der Waals surface area (Å²) in [6.45, 7) is 2.33. The average Bonchev–Trinajstić information content (AvgIpc) is 2.92. The van der Waals surface area contributed by atoms with Crippen LogP contribution >= 0.6 is 23.2 Å². The molecule has 6 heteroatoms. The predicted octanol–water partition coefficient (Wildman–Crippen LogP) is 4.29. The van der Waals surface area contributed by atoms with Crippen molar-refractivity contribution in [2.75, 3.05) is 16.8 Å². The smallest absolute Gasteiger partial charge is 0.229 e. The Morgan fingerprint density at radius 1 is 1.21 bits per heavy atom. The lowest BCUT2D eigenvalue weighted by Gasteiger charge is -2.17. The molecule has 1 aliphatic rings. The third kappa shape index (κ3) is 3.55. The Morgan fingerprint density at radius 2 is 2.00 bits per heavy atom. The van der Waals surface area contributed by atoms with Crippen molar-refractivity contribution in [3.8, 4) is 0 Å². The predicted molar refractivity (Wildman–Crippen MR) is 96.7 cm³/mol. The van der Waals surface area contributed by atoms with Gasteiger partial charge in [-0.05, 0) is 42.8 Å². The van der Waals surface area contributed by atoms with Crippen LogP contribution in [0.2, 0.25) is 10.0 Å². The van der Waals surface area contributed by atoms with E-state index in [-0.39, 0.29) is 18.2 Å². The van der Waals surface area contributed by atoms with E-state index in [2.05, 4.69) is 5.32 Å². The molecule has 2 aromatic carbocycles. The number of nitrogens with zero attached hydrogens (tertiary/aromatic N) is 1. The minimum Gasteiger partial charge on any atom is -0.324 e. The average molecular weight is 363 g/mol. The molecule has 1 fully saturated rings. The van der Waals surface area contributed by atoms with Gasteiger partial charge in [0.1, 0.15) is 0 Å². The first-order valence-corrected chi connectivity index (χ1v) is 8.32. The van der Waals surface area contributed by atoms with E-state index in [0.717, 1.165) is 11.3 Å². The van der Waals surface area contributed by atoms with Crippen molar-refractivity contribution in [1.82, 2.24) is 0 Å². The summed E-state index contributed by atoms with van der Waals surface area (Å²) < 4.78 is 0. The van der Waals surface area contributed by atoms with Gasteiger partial charge in [-0.1, -0.05) is 35.3 Å². The molecule has 0 spiro atoms. The van der Waals surface area contributed by atoms with E-state index >= 15 is 0 Å². The van der Waals surface area contributed by atoms with E-state index in [9.17, 15) is 9.59 Å². The maximum atomic E-state index is 12.5. The van der Waals surface area contributed by atoms with Crippen molar-refractivity contribution in [1.29, 1.82) is 0 Å². The Hall–Kier alpha value is -2.04. The molecule has 1 N–H and O–H groups in total. The molecule has 0 aliphatic carbocycles. The third-order valence-electron chi connectivity index (χ3n) is 4.00. The van der Waals surface area contributed by atoms with Gasteiger partial charge in [-0.15, -0.1) is 0 Å². The van der Waals surface area contributed by atoms with E-state index in [0.29, 0.717) is 22.3 Å². The fraction of sp³-hybridized carbons (Fsp3) is 0.222. The lowest BCUT2D eigenvalue weighted by molar-refractivity contribution is -0.122. The van der Waals surface area contributed by atoms with Gasteiger partial charge >= 0.3 is 0 Å². The second kappa shape index (κ2) is 6.83. The van der Waals surface area contributed by atoms with Crippen LogP contribution in [0.25, 0.3) is 0 Å². The summed E-state index contributed by atoms with van der Waals surface area (Å²) >= 11 is 11.9. The van der Waals surface area contributed by atoms with Gasteiger partial charge in [-0.25, -0.2) is 0 Å². The van der Waals surface area contributed by atoms with Crippen molar-refractivity contribution in [3.05, 3.63) is 58.1 Å².